The number of rotatable bonds is 5. The molecule has 104 valence electrons. The van der Waals surface area contributed by atoms with Crippen molar-refractivity contribution in [3.8, 4) is 5.75 Å². The highest BCUT2D eigenvalue weighted by Gasteiger charge is 2.14. The minimum absolute atomic E-state index is 0.0462. The monoisotopic (exact) mass is 273 g/mol. The first-order chi connectivity index (χ1) is 9.60. The predicted molar refractivity (Wildman–Crippen MR) is 75.9 cm³/mol. The van der Waals surface area contributed by atoms with E-state index in [-0.39, 0.29) is 11.4 Å². The normalized spacial score (nSPS) is 10.1. The highest BCUT2D eigenvalue weighted by atomic mass is 16.6. The van der Waals surface area contributed by atoms with Gasteiger partial charge in [-0.2, -0.15) is 0 Å². The first-order valence-electron chi connectivity index (χ1n) is 6.08. The predicted octanol–water partition coefficient (Wildman–Crippen LogP) is 2.92. The second kappa shape index (κ2) is 6.01. The molecule has 2 aromatic rings. The van der Waals surface area contributed by atoms with Gasteiger partial charge in [0.25, 0.3) is 0 Å². The number of ether oxygens (including phenoxy) is 1. The molecule has 1 aromatic carbocycles. The minimum Gasteiger partial charge on any atom is -0.490 e. The number of hydrogen-bond acceptors (Lipinski definition) is 5. The van der Waals surface area contributed by atoms with Crippen LogP contribution in [0.1, 0.15) is 11.3 Å². The second-order valence-electron chi connectivity index (χ2n) is 4.31. The Labute approximate surface area is 116 Å². The SMILES string of the molecule is COc1cc(NCc2ccc(C)nc2)ccc1[N+](=O)[O-]. The van der Waals surface area contributed by atoms with Crippen LogP contribution in [-0.2, 0) is 6.54 Å². The molecule has 1 heterocycles. The zero-order valence-electron chi connectivity index (χ0n) is 11.3. The van der Waals surface area contributed by atoms with E-state index < -0.39 is 4.92 Å². The minimum atomic E-state index is -0.466. The van der Waals surface area contributed by atoms with Crippen molar-refractivity contribution < 1.29 is 9.66 Å². The van der Waals surface area contributed by atoms with Crippen LogP contribution in [0.4, 0.5) is 11.4 Å². The van der Waals surface area contributed by atoms with Gasteiger partial charge in [0.15, 0.2) is 5.75 Å². The van der Waals surface area contributed by atoms with Gasteiger partial charge in [-0.15, -0.1) is 0 Å². The molecular weight excluding hydrogens is 258 g/mol. The Morgan fingerprint density at radius 3 is 2.75 bits per heavy atom. The molecule has 0 aliphatic rings. The molecule has 0 atom stereocenters. The van der Waals surface area contributed by atoms with Crippen molar-refractivity contribution in [2.24, 2.45) is 0 Å². The van der Waals surface area contributed by atoms with Crippen molar-refractivity contribution >= 4 is 11.4 Å². The van der Waals surface area contributed by atoms with E-state index >= 15 is 0 Å². The Kier molecular flexibility index (Phi) is 4.14. The third-order valence-corrected chi connectivity index (χ3v) is 2.85. The molecule has 0 aliphatic carbocycles. The molecule has 0 aliphatic heterocycles. The lowest BCUT2D eigenvalue weighted by Gasteiger charge is -2.08. The third kappa shape index (κ3) is 3.23. The summed E-state index contributed by atoms with van der Waals surface area (Å²) in [6.07, 6.45) is 1.80. The van der Waals surface area contributed by atoms with E-state index in [0.717, 1.165) is 16.9 Å². The van der Waals surface area contributed by atoms with Crippen LogP contribution in [0.2, 0.25) is 0 Å². The fourth-order valence-electron chi connectivity index (χ4n) is 1.75. The molecular formula is C14H15N3O3. The summed E-state index contributed by atoms with van der Waals surface area (Å²) < 4.78 is 5.02. The van der Waals surface area contributed by atoms with E-state index in [0.29, 0.717) is 6.54 Å². The van der Waals surface area contributed by atoms with Crippen LogP contribution >= 0.6 is 0 Å². The van der Waals surface area contributed by atoms with E-state index in [1.807, 2.05) is 19.1 Å². The maximum atomic E-state index is 10.8. The summed E-state index contributed by atoms with van der Waals surface area (Å²) in [5.74, 6) is 0.238. The molecule has 0 fully saturated rings. The molecule has 0 spiro atoms. The average molecular weight is 273 g/mol. The third-order valence-electron chi connectivity index (χ3n) is 2.85. The van der Waals surface area contributed by atoms with Crippen LogP contribution in [-0.4, -0.2) is 17.0 Å². The summed E-state index contributed by atoms with van der Waals surface area (Å²) >= 11 is 0. The van der Waals surface area contributed by atoms with Crippen LogP contribution in [0.5, 0.6) is 5.75 Å². The fourth-order valence-corrected chi connectivity index (χ4v) is 1.75. The molecule has 20 heavy (non-hydrogen) atoms. The van der Waals surface area contributed by atoms with Crippen LogP contribution in [0.25, 0.3) is 0 Å². The Hall–Kier alpha value is -2.63. The lowest BCUT2D eigenvalue weighted by molar-refractivity contribution is -0.385. The van der Waals surface area contributed by atoms with E-state index in [4.69, 9.17) is 4.74 Å². The van der Waals surface area contributed by atoms with Gasteiger partial charge >= 0.3 is 5.69 Å². The van der Waals surface area contributed by atoms with E-state index in [1.54, 1.807) is 18.3 Å². The first kappa shape index (κ1) is 13.8. The summed E-state index contributed by atoms with van der Waals surface area (Å²) in [5.41, 5.74) is 2.71. The fraction of sp³-hybridized carbons (Fsp3) is 0.214. The smallest absolute Gasteiger partial charge is 0.311 e. The zero-order chi connectivity index (χ0) is 14.5. The number of aryl methyl sites for hydroxylation is 1. The van der Waals surface area contributed by atoms with Gasteiger partial charge < -0.3 is 10.1 Å². The standard InChI is InChI=1S/C14H15N3O3/c1-10-3-4-11(8-15-10)9-16-12-5-6-13(17(18)19)14(7-12)20-2/h3-8,16H,9H2,1-2H3. The largest absolute Gasteiger partial charge is 0.490 e. The Morgan fingerprint density at radius 1 is 1.35 bits per heavy atom. The Balaban J connectivity index is 2.10. The number of aromatic nitrogens is 1. The Morgan fingerprint density at radius 2 is 2.15 bits per heavy atom. The molecule has 2 rings (SSSR count). The number of nitrogens with zero attached hydrogens (tertiary/aromatic N) is 2. The highest BCUT2D eigenvalue weighted by molar-refractivity contribution is 5.58. The molecule has 0 saturated heterocycles. The van der Waals surface area contributed by atoms with Crippen LogP contribution in [0.15, 0.2) is 36.5 Å². The first-order valence-corrected chi connectivity index (χ1v) is 6.08. The van der Waals surface area contributed by atoms with Gasteiger partial charge in [0.05, 0.1) is 12.0 Å². The molecule has 0 radical (unpaired) electrons. The lowest BCUT2D eigenvalue weighted by Crippen LogP contribution is -2.01. The maximum absolute atomic E-state index is 10.8. The molecule has 6 nitrogen and oxygen atoms in total. The summed E-state index contributed by atoms with van der Waals surface area (Å²) in [5, 5.41) is 14.0. The van der Waals surface area contributed by atoms with Gasteiger partial charge in [-0.3, -0.25) is 15.1 Å². The molecule has 1 N–H and O–H groups in total. The average Bonchev–Trinajstić information content (AvgIpc) is 2.46. The second-order valence-corrected chi connectivity index (χ2v) is 4.31. The molecule has 1 aromatic heterocycles. The van der Waals surface area contributed by atoms with Crippen molar-refractivity contribution in [2.75, 3.05) is 12.4 Å². The van der Waals surface area contributed by atoms with Gasteiger partial charge in [0.1, 0.15) is 0 Å². The summed E-state index contributed by atoms with van der Waals surface area (Å²) in [4.78, 5) is 14.5. The van der Waals surface area contributed by atoms with Gasteiger partial charge in [0, 0.05) is 36.3 Å². The van der Waals surface area contributed by atoms with E-state index in [9.17, 15) is 10.1 Å². The number of pyridine rings is 1. The number of benzene rings is 1. The van der Waals surface area contributed by atoms with Crippen LogP contribution in [0, 0.1) is 17.0 Å². The van der Waals surface area contributed by atoms with Crippen LogP contribution in [0.3, 0.4) is 0 Å². The quantitative estimate of drug-likeness (QED) is 0.669. The van der Waals surface area contributed by atoms with Crippen molar-refractivity contribution in [1.29, 1.82) is 0 Å². The van der Waals surface area contributed by atoms with Crippen molar-refractivity contribution in [3.63, 3.8) is 0 Å². The topological polar surface area (TPSA) is 77.3 Å². The van der Waals surface area contributed by atoms with E-state index in [2.05, 4.69) is 10.3 Å². The van der Waals surface area contributed by atoms with Crippen LogP contribution < -0.4 is 10.1 Å². The van der Waals surface area contributed by atoms with Gasteiger partial charge in [0.2, 0.25) is 0 Å². The van der Waals surface area contributed by atoms with E-state index in [1.165, 1.54) is 13.2 Å². The number of nitro groups is 1. The number of methoxy groups -OCH3 is 1. The summed E-state index contributed by atoms with van der Waals surface area (Å²) in [7, 11) is 1.41. The Bertz CT molecular complexity index is 612. The highest BCUT2D eigenvalue weighted by Crippen LogP contribution is 2.29. The lowest BCUT2D eigenvalue weighted by atomic mass is 10.2. The summed E-state index contributed by atoms with van der Waals surface area (Å²) in [6, 6.07) is 8.61. The van der Waals surface area contributed by atoms with Gasteiger partial charge in [-0.1, -0.05) is 6.07 Å². The number of anilines is 1. The number of nitrogens with one attached hydrogen (secondary N) is 1. The number of hydrogen-bond donors (Lipinski definition) is 1. The molecule has 0 amide bonds. The zero-order valence-corrected chi connectivity index (χ0v) is 11.3. The molecule has 0 saturated carbocycles. The van der Waals surface area contributed by atoms with Crippen molar-refractivity contribution in [1.82, 2.24) is 4.98 Å². The molecule has 0 bridgehead atoms. The maximum Gasteiger partial charge on any atom is 0.311 e. The van der Waals surface area contributed by atoms with Crippen molar-refractivity contribution in [3.05, 3.63) is 57.9 Å². The number of nitro benzene ring substituents is 1. The van der Waals surface area contributed by atoms with Gasteiger partial charge in [-0.25, -0.2) is 0 Å². The molecule has 0 unspecified atom stereocenters. The molecule has 6 heteroatoms. The van der Waals surface area contributed by atoms with Gasteiger partial charge in [-0.05, 0) is 24.6 Å². The summed E-state index contributed by atoms with van der Waals surface area (Å²) in [6.45, 7) is 2.52. The van der Waals surface area contributed by atoms with Crippen molar-refractivity contribution in [2.45, 2.75) is 13.5 Å².